The number of nitrogens with zero attached hydrogens (tertiary/aromatic N) is 4. The molecule has 252 valence electrons. The van der Waals surface area contributed by atoms with Crippen molar-refractivity contribution in [3.05, 3.63) is 123 Å². The summed E-state index contributed by atoms with van der Waals surface area (Å²) in [5.41, 5.74) is 10.2. The van der Waals surface area contributed by atoms with E-state index in [4.69, 9.17) is 9.72 Å². The molecule has 0 amide bonds. The Morgan fingerprint density at radius 1 is 0.714 bits per heavy atom. The van der Waals surface area contributed by atoms with Crippen LogP contribution in [0.3, 0.4) is 0 Å². The van der Waals surface area contributed by atoms with E-state index in [2.05, 4.69) is 173 Å². The van der Waals surface area contributed by atoms with Gasteiger partial charge in [-0.2, -0.15) is 0 Å². The van der Waals surface area contributed by atoms with Gasteiger partial charge in [0.05, 0.1) is 0 Å². The van der Waals surface area contributed by atoms with Crippen LogP contribution in [0.5, 0.6) is 11.5 Å². The summed E-state index contributed by atoms with van der Waals surface area (Å²) in [6, 6.07) is 33.5. The van der Waals surface area contributed by atoms with Gasteiger partial charge in [0, 0.05) is 6.20 Å². The molecule has 0 aliphatic heterocycles. The van der Waals surface area contributed by atoms with Crippen LogP contribution in [-0.2, 0) is 43.7 Å². The number of benzene rings is 4. The van der Waals surface area contributed by atoms with E-state index in [1.807, 2.05) is 6.20 Å². The Morgan fingerprint density at radius 2 is 1.43 bits per heavy atom. The second kappa shape index (κ2) is 11.7. The summed E-state index contributed by atoms with van der Waals surface area (Å²) < 4.78 is 15.1. The minimum absolute atomic E-state index is 0.0108. The Bertz CT molecular complexity index is 2470. The number of hydrogen-bond donors (Lipinski definition) is 0. The fourth-order valence-electron chi connectivity index (χ4n) is 7.59. The first-order valence-corrected chi connectivity index (χ1v) is 18.5. The summed E-state index contributed by atoms with van der Waals surface area (Å²) in [4.78, 5) is 4.91. The van der Waals surface area contributed by atoms with Gasteiger partial charge in [0.15, 0.2) is 0 Å². The number of ether oxygens (including phenoxy) is 1. The van der Waals surface area contributed by atoms with E-state index in [1.165, 1.54) is 54.3 Å². The number of para-hydroxylation sites is 2. The molecule has 6 heteroatoms. The van der Waals surface area contributed by atoms with Crippen molar-refractivity contribution in [3.8, 4) is 17.3 Å². The normalized spacial score (nSPS) is 15.3. The predicted octanol–water partition coefficient (Wildman–Crippen LogP) is 10.9. The topological polar surface area (TPSA) is 36.9 Å². The number of aryl methyl sites for hydroxylation is 2. The quantitative estimate of drug-likeness (QED) is 0.177. The van der Waals surface area contributed by atoms with Gasteiger partial charge in [-0.05, 0) is 46.2 Å². The molecule has 3 heterocycles. The van der Waals surface area contributed by atoms with E-state index in [0.717, 1.165) is 41.2 Å². The van der Waals surface area contributed by atoms with Crippen LogP contribution in [0, 0.1) is 3.80 Å². The van der Waals surface area contributed by atoms with Gasteiger partial charge in [0.1, 0.15) is 0 Å². The molecule has 5 nitrogen and oxygen atoms in total. The minimum atomic E-state index is 0.0108. The summed E-state index contributed by atoms with van der Waals surface area (Å²) in [5, 5.41) is 2.43. The average Bonchev–Trinajstić information content (AvgIpc) is 3.53. The molecule has 1 unspecified atom stereocenters. The molecule has 1 aliphatic carbocycles. The Morgan fingerprint density at radius 3 is 2.20 bits per heavy atom. The first kappa shape index (κ1) is 32.0. The zero-order chi connectivity index (χ0) is 34.2. The number of hydrogen-bond acceptors (Lipinski definition) is 2. The zero-order valence-corrected chi connectivity index (χ0v) is 31.7. The second-order valence-electron chi connectivity index (χ2n) is 15.7. The van der Waals surface area contributed by atoms with Crippen molar-refractivity contribution in [2.24, 2.45) is 7.05 Å². The van der Waals surface area contributed by atoms with Crippen LogP contribution in [0.1, 0.15) is 82.7 Å². The number of fused-ring (bicyclic) bond motifs is 5. The van der Waals surface area contributed by atoms with Crippen molar-refractivity contribution >= 4 is 32.8 Å². The molecule has 0 bridgehead atoms. The molecule has 7 aromatic rings. The van der Waals surface area contributed by atoms with Crippen LogP contribution in [0.4, 0.5) is 0 Å². The Balaban J connectivity index is 1.25. The third-order valence-electron chi connectivity index (χ3n) is 10.3. The third kappa shape index (κ3) is 5.51. The van der Waals surface area contributed by atoms with E-state index in [-0.39, 0.29) is 16.9 Å². The third-order valence-corrected chi connectivity index (χ3v) is 11.6. The summed E-state index contributed by atoms with van der Waals surface area (Å²) in [5.74, 6) is 2.61. The van der Waals surface area contributed by atoms with Crippen LogP contribution in [-0.4, -0.2) is 18.7 Å². The molecule has 49 heavy (non-hydrogen) atoms. The Labute approximate surface area is 299 Å². The molecule has 1 aliphatic rings. The number of rotatable bonds is 4. The van der Waals surface area contributed by atoms with E-state index in [9.17, 15) is 0 Å². The first-order valence-electron chi connectivity index (χ1n) is 17.4. The van der Waals surface area contributed by atoms with E-state index in [0.29, 0.717) is 0 Å². The molecule has 3 aromatic heterocycles. The number of aromatic nitrogens is 4. The standard InChI is InChI=1S/C43H44N4O.Pt/c1-42(2,3)29-16-20-37-35(23-29)33-19-18-32(26-40(33)47(37)41-24-30(21-22-44-41)43(4,5)6)48-31-17-15-28-11-10-14-36(34(28)25-31)46-27-45(7)38-12-8-9-13-39(38)46;/h8-9,12-13,15-26,36H,10-11,14H2,1-7H3;. The van der Waals surface area contributed by atoms with Gasteiger partial charge in [-0.3, -0.25) is 0 Å². The summed E-state index contributed by atoms with van der Waals surface area (Å²) in [6.07, 6.45) is 5.31. The molecule has 0 radical (unpaired) electrons. The van der Waals surface area contributed by atoms with Crippen LogP contribution >= 0.6 is 0 Å². The summed E-state index contributed by atoms with van der Waals surface area (Å²) >= 11 is 2.49. The van der Waals surface area contributed by atoms with Crippen molar-refractivity contribution in [2.45, 2.75) is 77.7 Å². The monoisotopic (exact) mass is 827 g/mol. The SMILES string of the molecule is Cn1[c](=[Pt])n(C2CCCc3ccc(Oc4ccc5c6cc(C(C)(C)C)ccc6n(-c6cc(C(C)(C)C)ccn6)c5c4)cc32)c2ccccc21. The number of imidazole rings is 1. The average molecular weight is 828 g/mol. The molecule has 8 rings (SSSR count). The van der Waals surface area contributed by atoms with Crippen molar-refractivity contribution in [2.75, 3.05) is 0 Å². The molecule has 0 spiro atoms. The molecule has 4 aromatic carbocycles. The predicted molar refractivity (Wildman–Crippen MR) is 198 cm³/mol. The number of pyridine rings is 1. The van der Waals surface area contributed by atoms with Crippen molar-refractivity contribution in [1.82, 2.24) is 18.7 Å². The van der Waals surface area contributed by atoms with Gasteiger partial charge >= 0.3 is 196 Å². The van der Waals surface area contributed by atoms with Crippen LogP contribution in [0.2, 0.25) is 0 Å². The van der Waals surface area contributed by atoms with Crippen molar-refractivity contribution in [3.63, 3.8) is 0 Å². The molecule has 0 N–H and O–H groups in total. The van der Waals surface area contributed by atoms with Crippen LogP contribution in [0.25, 0.3) is 38.7 Å². The molecule has 0 saturated heterocycles. The van der Waals surface area contributed by atoms with Crippen LogP contribution < -0.4 is 4.74 Å². The van der Waals surface area contributed by atoms with Gasteiger partial charge in [-0.25, -0.2) is 4.98 Å². The van der Waals surface area contributed by atoms with E-state index < -0.39 is 0 Å². The zero-order valence-electron chi connectivity index (χ0n) is 29.4. The fourth-order valence-corrected chi connectivity index (χ4v) is 8.49. The van der Waals surface area contributed by atoms with Gasteiger partial charge < -0.3 is 0 Å². The van der Waals surface area contributed by atoms with Crippen LogP contribution in [0.15, 0.2) is 97.2 Å². The second-order valence-corrected chi connectivity index (χ2v) is 16.7. The first-order chi connectivity index (χ1) is 23.4. The van der Waals surface area contributed by atoms with Gasteiger partial charge in [0.25, 0.3) is 0 Å². The maximum absolute atomic E-state index is 6.75. The van der Waals surface area contributed by atoms with Crippen molar-refractivity contribution in [1.29, 1.82) is 0 Å². The molecule has 0 fully saturated rings. The molecule has 1 atom stereocenters. The molecular weight excluding hydrogens is 784 g/mol. The van der Waals surface area contributed by atoms with Gasteiger partial charge in [-0.1, -0.05) is 47.6 Å². The molecular formula is C43H44N4OPt. The summed E-state index contributed by atoms with van der Waals surface area (Å²) in [7, 11) is 2.17. The Kier molecular flexibility index (Phi) is 7.64. The van der Waals surface area contributed by atoms with E-state index in [1.54, 1.807) is 0 Å². The summed E-state index contributed by atoms with van der Waals surface area (Å²) in [6.45, 7) is 13.6. The Hall–Kier alpha value is -4.21. The molecule has 0 saturated carbocycles. The fraction of sp³-hybridized carbons (Fsp3) is 0.302. The van der Waals surface area contributed by atoms with Crippen molar-refractivity contribution < 1.29 is 24.1 Å². The van der Waals surface area contributed by atoms with Gasteiger partial charge in [0.2, 0.25) is 0 Å². The van der Waals surface area contributed by atoms with E-state index >= 15 is 0 Å². The van der Waals surface area contributed by atoms with Gasteiger partial charge in [-0.15, -0.1) is 0 Å². The maximum atomic E-state index is 6.75.